The molecule has 0 bridgehead atoms. The first-order chi connectivity index (χ1) is 16.2. The SMILES string of the molecule is CCCOc1ccc(C2CN(C(C)c3ccccc3)C(=O)N2c2ccc3nc[nH]c3c2)cc1. The van der Waals surface area contributed by atoms with E-state index in [9.17, 15) is 4.79 Å². The molecule has 1 aliphatic heterocycles. The Morgan fingerprint density at radius 1 is 1.09 bits per heavy atom. The van der Waals surface area contributed by atoms with Crippen LogP contribution in [0.5, 0.6) is 5.75 Å². The molecule has 1 aromatic heterocycles. The number of aromatic nitrogens is 2. The number of urea groups is 1. The molecule has 2 atom stereocenters. The maximum Gasteiger partial charge on any atom is 0.325 e. The fourth-order valence-electron chi connectivity index (χ4n) is 4.48. The molecule has 1 N–H and O–H groups in total. The van der Waals surface area contributed by atoms with Gasteiger partial charge in [-0.1, -0.05) is 49.4 Å². The number of hydrogen-bond donors (Lipinski definition) is 1. The Kier molecular flexibility index (Phi) is 5.73. The first-order valence-electron chi connectivity index (χ1n) is 11.5. The maximum absolute atomic E-state index is 13.8. The summed E-state index contributed by atoms with van der Waals surface area (Å²) < 4.78 is 5.76. The van der Waals surface area contributed by atoms with Crippen LogP contribution in [0.4, 0.5) is 10.5 Å². The molecule has 33 heavy (non-hydrogen) atoms. The highest BCUT2D eigenvalue weighted by Gasteiger charge is 2.41. The highest BCUT2D eigenvalue weighted by molar-refractivity contribution is 5.97. The van der Waals surface area contributed by atoms with Gasteiger partial charge in [0.15, 0.2) is 0 Å². The van der Waals surface area contributed by atoms with E-state index in [0.29, 0.717) is 13.2 Å². The summed E-state index contributed by atoms with van der Waals surface area (Å²) in [6, 6.07) is 24.1. The van der Waals surface area contributed by atoms with Gasteiger partial charge in [-0.15, -0.1) is 0 Å². The van der Waals surface area contributed by atoms with Gasteiger partial charge in [0.1, 0.15) is 5.75 Å². The number of rotatable bonds is 7. The van der Waals surface area contributed by atoms with Crippen LogP contribution in [0.3, 0.4) is 0 Å². The fourth-order valence-corrected chi connectivity index (χ4v) is 4.48. The average Bonchev–Trinajstić information content (AvgIpc) is 3.47. The number of nitrogens with zero attached hydrogens (tertiary/aromatic N) is 3. The number of nitrogens with one attached hydrogen (secondary N) is 1. The highest BCUT2D eigenvalue weighted by atomic mass is 16.5. The molecular formula is C27H28N4O2. The molecule has 4 aromatic rings. The van der Waals surface area contributed by atoms with Crippen LogP contribution >= 0.6 is 0 Å². The Morgan fingerprint density at radius 2 is 1.88 bits per heavy atom. The number of hydrogen-bond acceptors (Lipinski definition) is 3. The van der Waals surface area contributed by atoms with Crippen molar-refractivity contribution in [3.63, 3.8) is 0 Å². The number of amides is 2. The van der Waals surface area contributed by atoms with Crippen LogP contribution < -0.4 is 9.64 Å². The van der Waals surface area contributed by atoms with Crippen molar-refractivity contribution < 1.29 is 9.53 Å². The summed E-state index contributed by atoms with van der Waals surface area (Å²) in [7, 11) is 0. The molecule has 1 aliphatic rings. The third-order valence-corrected chi connectivity index (χ3v) is 6.30. The van der Waals surface area contributed by atoms with Crippen LogP contribution in [0.25, 0.3) is 11.0 Å². The Hall–Kier alpha value is -3.80. The lowest BCUT2D eigenvalue weighted by Gasteiger charge is -2.25. The van der Waals surface area contributed by atoms with E-state index in [-0.39, 0.29) is 18.1 Å². The number of anilines is 1. The van der Waals surface area contributed by atoms with Gasteiger partial charge in [0.2, 0.25) is 0 Å². The number of ether oxygens (including phenoxy) is 1. The molecule has 5 rings (SSSR count). The standard InChI is InChI=1S/C27H28N4O2/c1-3-15-33-23-12-9-21(10-13-23)26-17-30(19(2)20-7-5-4-6-8-20)27(32)31(26)22-11-14-24-25(16-22)29-18-28-24/h4-14,16,18-19,26H,3,15,17H2,1-2H3,(H,28,29). The van der Waals surface area contributed by atoms with Gasteiger partial charge in [-0.3, -0.25) is 4.90 Å². The van der Waals surface area contributed by atoms with Gasteiger partial charge < -0.3 is 14.6 Å². The van der Waals surface area contributed by atoms with Crippen LogP contribution in [-0.2, 0) is 0 Å². The van der Waals surface area contributed by atoms with Crippen molar-refractivity contribution in [3.8, 4) is 5.75 Å². The molecule has 0 spiro atoms. The number of carbonyl (C=O) groups is 1. The van der Waals surface area contributed by atoms with Crippen molar-refractivity contribution in [2.75, 3.05) is 18.1 Å². The summed E-state index contributed by atoms with van der Waals surface area (Å²) in [5.74, 6) is 0.852. The summed E-state index contributed by atoms with van der Waals surface area (Å²) >= 11 is 0. The number of H-pyrrole nitrogens is 1. The lowest BCUT2D eigenvalue weighted by molar-refractivity contribution is 0.205. The van der Waals surface area contributed by atoms with Crippen molar-refractivity contribution in [1.82, 2.24) is 14.9 Å². The predicted molar refractivity (Wildman–Crippen MR) is 131 cm³/mol. The third-order valence-electron chi connectivity index (χ3n) is 6.30. The Labute approximate surface area is 193 Å². The maximum atomic E-state index is 13.8. The highest BCUT2D eigenvalue weighted by Crippen LogP contribution is 2.39. The molecule has 0 radical (unpaired) electrons. The van der Waals surface area contributed by atoms with Crippen molar-refractivity contribution in [1.29, 1.82) is 0 Å². The fraction of sp³-hybridized carbons (Fsp3) is 0.259. The minimum atomic E-state index is -0.107. The first-order valence-corrected chi connectivity index (χ1v) is 11.5. The minimum absolute atomic E-state index is 0.00141. The van der Waals surface area contributed by atoms with Crippen molar-refractivity contribution in [2.45, 2.75) is 32.4 Å². The molecule has 6 heteroatoms. The summed E-state index contributed by atoms with van der Waals surface area (Å²) in [6.07, 6.45) is 2.64. The number of benzene rings is 3. The summed E-state index contributed by atoms with van der Waals surface area (Å²) in [4.78, 5) is 25.1. The van der Waals surface area contributed by atoms with Crippen molar-refractivity contribution >= 4 is 22.8 Å². The topological polar surface area (TPSA) is 61.5 Å². The van der Waals surface area contributed by atoms with E-state index in [1.165, 1.54) is 0 Å². The van der Waals surface area contributed by atoms with E-state index in [0.717, 1.165) is 40.0 Å². The zero-order valence-electron chi connectivity index (χ0n) is 18.9. The Balaban J connectivity index is 1.51. The normalized spacial score (nSPS) is 17.0. The Morgan fingerprint density at radius 3 is 2.64 bits per heavy atom. The van der Waals surface area contributed by atoms with E-state index in [1.54, 1.807) is 6.33 Å². The van der Waals surface area contributed by atoms with Gasteiger partial charge in [0.05, 0.1) is 36.1 Å². The van der Waals surface area contributed by atoms with Crippen LogP contribution in [0.2, 0.25) is 0 Å². The van der Waals surface area contributed by atoms with Gasteiger partial charge in [0, 0.05) is 12.2 Å². The van der Waals surface area contributed by atoms with Crippen molar-refractivity contribution in [2.24, 2.45) is 0 Å². The van der Waals surface area contributed by atoms with E-state index >= 15 is 0 Å². The Bertz CT molecular complexity index is 1240. The zero-order valence-corrected chi connectivity index (χ0v) is 18.9. The van der Waals surface area contributed by atoms with Gasteiger partial charge in [-0.2, -0.15) is 0 Å². The van der Waals surface area contributed by atoms with E-state index in [4.69, 9.17) is 4.74 Å². The minimum Gasteiger partial charge on any atom is -0.494 e. The van der Waals surface area contributed by atoms with Crippen LogP contribution in [-0.4, -0.2) is 34.1 Å². The first kappa shape index (κ1) is 21.1. The molecule has 3 aromatic carbocycles. The van der Waals surface area contributed by atoms with Crippen LogP contribution in [0, 0.1) is 0 Å². The third kappa shape index (κ3) is 4.04. The number of aromatic amines is 1. The average molecular weight is 441 g/mol. The second-order valence-corrected chi connectivity index (χ2v) is 8.43. The largest absolute Gasteiger partial charge is 0.494 e. The molecular weight excluding hydrogens is 412 g/mol. The molecule has 0 saturated carbocycles. The number of carbonyl (C=O) groups excluding carboxylic acids is 1. The lowest BCUT2D eigenvalue weighted by Crippen LogP contribution is -2.34. The summed E-state index contributed by atoms with van der Waals surface area (Å²) in [6.45, 7) is 5.48. The van der Waals surface area contributed by atoms with Gasteiger partial charge in [0.25, 0.3) is 0 Å². The van der Waals surface area contributed by atoms with Gasteiger partial charge in [-0.25, -0.2) is 9.78 Å². The van der Waals surface area contributed by atoms with E-state index < -0.39 is 0 Å². The smallest absolute Gasteiger partial charge is 0.325 e. The van der Waals surface area contributed by atoms with Gasteiger partial charge in [-0.05, 0) is 54.8 Å². The molecule has 1 saturated heterocycles. The quantitative estimate of drug-likeness (QED) is 0.378. The second-order valence-electron chi connectivity index (χ2n) is 8.43. The molecule has 0 aliphatic carbocycles. The van der Waals surface area contributed by atoms with Crippen LogP contribution in [0.1, 0.15) is 43.5 Å². The lowest BCUT2D eigenvalue weighted by atomic mass is 10.0. The number of imidazole rings is 1. The van der Waals surface area contributed by atoms with E-state index in [2.05, 4.69) is 48.1 Å². The zero-order chi connectivity index (χ0) is 22.8. The summed E-state index contributed by atoms with van der Waals surface area (Å²) in [5.41, 5.74) is 4.86. The monoisotopic (exact) mass is 440 g/mol. The number of fused-ring (bicyclic) bond motifs is 1. The molecule has 2 amide bonds. The molecule has 2 unspecified atom stereocenters. The molecule has 168 valence electrons. The van der Waals surface area contributed by atoms with Crippen molar-refractivity contribution in [3.05, 3.63) is 90.3 Å². The van der Waals surface area contributed by atoms with E-state index in [1.807, 2.05) is 58.3 Å². The molecule has 1 fully saturated rings. The van der Waals surface area contributed by atoms with Crippen LogP contribution in [0.15, 0.2) is 79.1 Å². The summed E-state index contributed by atoms with van der Waals surface area (Å²) in [5, 5.41) is 0. The molecule has 6 nitrogen and oxygen atoms in total. The molecule has 2 heterocycles. The van der Waals surface area contributed by atoms with Gasteiger partial charge >= 0.3 is 6.03 Å². The predicted octanol–water partition coefficient (Wildman–Crippen LogP) is 6.10. The second kappa shape index (κ2) is 8.98.